The predicted octanol–water partition coefficient (Wildman–Crippen LogP) is 5.70. The Morgan fingerprint density at radius 1 is 1.03 bits per heavy atom. The predicted molar refractivity (Wildman–Crippen MR) is 140 cm³/mol. The van der Waals surface area contributed by atoms with Crippen molar-refractivity contribution in [3.63, 3.8) is 0 Å². The van der Waals surface area contributed by atoms with Gasteiger partial charge in [-0.25, -0.2) is 5.43 Å². The van der Waals surface area contributed by atoms with Gasteiger partial charge in [0, 0.05) is 15.7 Å². The number of benzene rings is 3. The van der Waals surface area contributed by atoms with Crippen molar-refractivity contribution >= 4 is 55.6 Å². The number of halogens is 2. The maximum Gasteiger partial charge on any atom is 0.271 e. The Balaban J connectivity index is 1.66. The molecule has 3 aromatic carbocycles. The lowest BCUT2D eigenvalue weighted by molar-refractivity contribution is -0.118. The molecular formula is C25H23Br2N3O4. The monoisotopic (exact) mass is 587 g/mol. The fourth-order valence-electron chi connectivity index (χ4n) is 2.93. The van der Waals surface area contributed by atoms with E-state index in [0.29, 0.717) is 33.7 Å². The number of hydrogen-bond acceptors (Lipinski definition) is 5. The van der Waals surface area contributed by atoms with E-state index in [-0.39, 0.29) is 18.4 Å². The Labute approximate surface area is 214 Å². The first-order valence-electron chi connectivity index (χ1n) is 10.4. The van der Waals surface area contributed by atoms with Gasteiger partial charge in [0.1, 0.15) is 0 Å². The Hall–Kier alpha value is -3.17. The topological polar surface area (TPSA) is 89.0 Å². The van der Waals surface area contributed by atoms with Crippen molar-refractivity contribution in [2.24, 2.45) is 5.10 Å². The van der Waals surface area contributed by atoms with Gasteiger partial charge in [-0.05, 0) is 83.4 Å². The van der Waals surface area contributed by atoms with Crippen molar-refractivity contribution in [1.82, 2.24) is 5.43 Å². The SMILES string of the molecule is CCOc1cc(/C=N/NC(=O)c2ccc(Br)cc2)cc(Br)c1OCC(=O)Nc1ccccc1C. The molecule has 0 atom stereocenters. The van der Waals surface area contributed by atoms with Gasteiger partial charge in [-0.15, -0.1) is 0 Å². The molecule has 0 unspecified atom stereocenters. The molecule has 0 radical (unpaired) electrons. The lowest BCUT2D eigenvalue weighted by Gasteiger charge is -2.15. The number of rotatable bonds is 9. The van der Waals surface area contributed by atoms with Crippen LogP contribution in [0, 0.1) is 6.92 Å². The molecule has 0 fully saturated rings. The van der Waals surface area contributed by atoms with Crippen LogP contribution < -0.4 is 20.2 Å². The molecule has 7 nitrogen and oxygen atoms in total. The second-order valence-corrected chi connectivity index (χ2v) is 8.89. The molecule has 0 aliphatic heterocycles. The van der Waals surface area contributed by atoms with Crippen LogP contribution in [0.15, 0.2) is 74.7 Å². The third kappa shape index (κ3) is 7.16. The molecule has 176 valence electrons. The van der Waals surface area contributed by atoms with Crippen LogP contribution >= 0.6 is 31.9 Å². The quantitative estimate of drug-likeness (QED) is 0.248. The summed E-state index contributed by atoms with van der Waals surface area (Å²) in [5.74, 6) is 0.233. The van der Waals surface area contributed by atoms with Crippen molar-refractivity contribution in [3.8, 4) is 11.5 Å². The molecule has 0 aromatic heterocycles. The van der Waals surface area contributed by atoms with Gasteiger partial charge in [0.05, 0.1) is 17.3 Å². The molecule has 0 spiro atoms. The van der Waals surface area contributed by atoms with Crippen molar-refractivity contribution in [3.05, 3.63) is 86.3 Å². The molecular weight excluding hydrogens is 566 g/mol. The molecule has 0 bridgehead atoms. The van der Waals surface area contributed by atoms with Gasteiger partial charge in [0.15, 0.2) is 18.1 Å². The van der Waals surface area contributed by atoms with Crippen LogP contribution in [-0.4, -0.2) is 31.2 Å². The van der Waals surface area contributed by atoms with Crippen LogP contribution in [0.25, 0.3) is 0 Å². The van der Waals surface area contributed by atoms with Gasteiger partial charge >= 0.3 is 0 Å². The van der Waals surface area contributed by atoms with Gasteiger partial charge in [-0.1, -0.05) is 34.1 Å². The van der Waals surface area contributed by atoms with E-state index in [1.165, 1.54) is 6.21 Å². The minimum absolute atomic E-state index is 0.191. The second-order valence-electron chi connectivity index (χ2n) is 7.12. The highest BCUT2D eigenvalue weighted by molar-refractivity contribution is 9.10. The number of ether oxygens (including phenoxy) is 2. The van der Waals surface area contributed by atoms with Crippen LogP contribution in [0.5, 0.6) is 11.5 Å². The zero-order valence-corrected chi connectivity index (χ0v) is 21.8. The minimum atomic E-state index is -0.326. The maximum atomic E-state index is 12.4. The van der Waals surface area contributed by atoms with Crippen molar-refractivity contribution in [2.75, 3.05) is 18.5 Å². The molecule has 0 aliphatic rings. The summed E-state index contributed by atoms with van der Waals surface area (Å²) >= 11 is 6.81. The molecule has 0 heterocycles. The number of nitrogens with one attached hydrogen (secondary N) is 2. The highest BCUT2D eigenvalue weighted by Crippen LogP contribution is 2.36. The third-order valence-corrected chi connectivity index (χ3v) is 5.70. The molecule has 9 heteroatoms. The lowest BCUT2D eigenvalue weighted by atomic mass is 10.2. The molecule has 2 N–H and O–H groups in total. The average Bonchev–Trinajstić information content (AvgIpc) is 2.80. The number of hydrogen-bond donors (Lipinski definition) is 2. The van der Waals surface area contributed by atoms with Crippen molar-refractivity contribution < 1.29 is 19.1 Å². The van der Waals surface area contributed by atoms with Gasteiger partial charge in [0.2, 0.25) is 0 Å². The molecule has 2 amide bonds. The van der Waals surface area contributed by atoms with E-state index in [0.717, 1.165) is 15.7 Å². The van der Waals surface area contributed by atoms with Crippen molar-refractivity contribution in [2.45, 2.75) is 13.8 Å². The number of anilines is 1. The first kappa shape index (κ1) is 25.5. The highest BCUT2D eigenvalue weighted by Gasteiger charge is 2.14. The summed E-state index contributed by atoms with van der Waals surface area (Å²) < 4.78 is 12.9. The average molecular weight is 589 g/mol. The van der Waals surface area contributed by atoms with Crippen LogP contribution in [-0.2, 0) is 4.79 Å². The van der Waals surface area contributed by atoms with Crippen LogP contribution in [0.4, 0.5) is 5.69 Å². The fourth-order valence-corrected chi connectivity index (χ4v) is 3.77. The zero-order chi connectivity index (χ0) is 24.5. The number of carbonyl (C=O) groups excluding carboxylic acids is 2. The van der Waals surface area contributed by atoms with Gasteiger partial charge in [0.25, 0.3) is 11.8 Å². The maximum absolute atomic E-state index is 12.4. The van der Waals surface area contributed by atoms with E-state index < -0.39 is 0 Å². The van der Waals surface area contributed by atoms with E-state index in [1.54, 1.807) is 36.4 Å². The molecule has 3 rings (SSSR count). The van der Waals surface area contributed by atoms with Crippen LogP contribution in [0.1, 0.15) is 28.4 Å². The summed E-state index contributed by atoms with van der Waals surface area (Å²) in [6.07, 6.45) is 1.50. The number of hydrazone groups is 1. The number of amides is 2. The molecule has 0 aliphatic carbocycles. The van der Waals surface area contributed by atoms with E-state index >= 15 is 0 Å². The Morgan fingerprint density at radius 3 is 2.47 bits per heavy atom. The first-order valence-corrected chi connectivity index (χ1v) is 12.0. The zero-order valence-electron chi connectivity index (χ0n) is 18.6. The first-order chi connectivity index (χ1) is 16.4. The van der Waals surface area contributed by atoms with Crippen LogP contribution in [0.2, 0.25) is 0 Å². The standard InChI is InChI=1S/C25H23Br2N3O4/c1-3-33-22-13-17(14-28-30-25(32)18-8-10-19(26)11-9-18)12-20(27)24(22)34-15-23(31)29-21-7-5-4-6-16(21)2/h4-14H,3,15H2,1-2H3,(H,29,31)(H,30,32)/b28-14+. The largest absolute Gasteiger partial charge is 0.490 e. The van der Waals surface area contributed by atoms with E-state index in [1.807, 2.05) is 38.1 Å². The summed E-state index contributed by atoms with van der Waals surface area (Å²) in [5.41, 5.74) is 5.35. The number of carbonyl (C=O) groups is 2. The lowest BCUT2D eigenvalue weighted by Crippen LogP contribution is -2.21. The fraction of sp³-hybridized carbons (Fsp3) is 0.160. The van der Waals surface area contributed by atoms with Crippen LogP contribution in [0.3, 0.4) is 0 Å². The molecule has 0 saturated carbocycles. The number of para-hydroxylation sites is 1. The minimum Gasteiger partial charge on any atom is -0.490 e. The smallest absolute Gasteiger partial charge is 0.271 e. The van der Waals surface area contributed by atoms with Gasteiger partial charge in [-0.3, -0.25) is 9.59 Å². The Kier molecular flexibility index (Phi) is 9.24. The summed E-state index contributed by atoms with van der Waals surface area (Å²) in [5, 5.41) is 6.86. The van der Waals surface area contributed by atoms with E-state index in [9.17, 15) is 9.59 Å². The number of aryl methyl sites for hydroxylation is 1. The summed E-state index contributed by atoms with van der Waals surface area (Å²) in [6, 6.07) is 17.9. The number of nitrogens with zero attached hydrogens (tertiary/aromatic N) is 1. The normalized spacial score (nSPS) is 10.7. The molecule has 0 saturated heterocycles. The van der Waals surface area contributed by atoms with E-state index in [4.69, 9.17) is 9.47 Å². The summed E-state index contributed by atoms with van der Waals surface area (Å²) in [4.78, 5) is 24.6. The van der Waals surface area contributed by atoms with E-state index in [2.05, 4.69) is 47.7 Å². The summed E-state index contributed by atoms with van der Waals surface area (Å²) in [6.45, 7) is 3.98. The van der Waals surface area contributed by atoms with Gasteiger partial charge in [-0.2, -0.15) is 5.10 Å². The summed E-state index contributed by atoms with van der Waals surface area (Å²) in [7, 11) is 0. The molecule has 3 aromatic rings. The third-order valence-electron chi connectivity index (χ3n) is 4.58. The highest BCUT2D eigenvalue weighted by atomic mass is 79.9. The Morgan fingerprint density at radius 2 is 1.76 bits per heavy atom. The van der Waals surface area contributed by atoms with Crippen molar-refractivity contribution in [1.29, 1.82) is 0 Å². The Bertz CT molecular complexity index is 1200. The molecule has 34 heavy (non-hydrogen) atoms. The second kappa shape index (κ2) is 12.3. The van der Waals surface area contributed by atoms with Gasteiger partial charge < -0.3 is 14.8 Å².